The number of ether oxygens (including phenoxy) is 1. The summed E-state index contributed by atoms with van der Waals surface area (Å²) in [5.41, 5.74) is 11.2. The monoisotopic (exact) mass is 246 g/mol. The van der Waals surface area contributed by atoms with Crippen LogP contribution in [0.2, 0.25) is 0 Å². The van der Waals surface area contributed by atoms with E-state index in [2.05, 4.69) is 0 Å². The lowest BCUT2D eigenvalue weighted by Gasteiger charge is -2.07. The number of nitrogen functional groups attached to an aromatic ring is 1. The first-order valence-electron chi connectivity index (χ1n) is 5.18. The van der Waals surface area contributed by atoms with Gasteiger partial charge in [0.2, 0.25) is 5.91 Å². The quantitative estimate of drug-likeness (QED) is 0.815. The smallest absolute Gasteiger partial charge is 0.248 e. The summed E-state index contributed by atoms with van der Waals surface area (Å²) in [7, 11) is 0. The standard InChI is InChI=1S/C13H11FN2O2/c14-9-5-10(15)7-12(6-9)18-11-3-1-2-8(4-11)13(16)17/h1-7H,15H2,(H2,16,17). The minimum Gasteiger partial charge on any atom is -0.457 e. The molecule has 2 aromatic rings. The molecule has 0 bridgehead atoms. The van der Waals surface area contributed by atoms with Crippen LogP contribution in [0, 0.1) is 5.82 Å². The average molecular weight is 246 g/mol. The van der Waals surface area contributed by atoms with Gasteiger partial charge in [-0.05, 0) is 24.3 Å². The van der Waals surface area contributed by atoms with E-state index in [0.717, 1.165) is 0 Å². The van der Waals surface area contributed by atoms with Gasteiger partial charge in [-0.1, -0.05) is 6.07 Å². The highest BCUT2D eigenvalue weighted by Gasteiger charge is 2.04. The number of anilines is 1. The number of carbonyl (C=O) groups is 1. The van der Waals surface area contributed by atoms with Crippen molar-refractivity contribution >= 4 is 11.6 Å². The maximum atomic E-state index is 13.1. The van der Waals surface area contributed by atoms with E-state index in [1.807, 2.05) is 0 Å². The van der Waals surface area contributed by atoms with Crippen molar-refractivity contribution < 1.29 is 13.9 Å². The predicted molar refractivity (Wildman–Crippen MR) is 65.8 cm³/mol. The highest BCUT2D eigenvalue weighted by molar-refractivity contribution is 5.93. The van der Waals surface area contributed by atoms with Crippen molar-refractivity contribution in [3.05, 3.63) is 53.8 Å². The molecule has 92 valence electrons. The van der Waals surface area contributed by atoms with E-state index in [1.165, 1.54) is 24.3 Å². The number of hydrogen-bond acceptors (Lipinski definition) is 3. The zero-order chi connectivity index (χ0) is 13.1. The molecular formula is C13H11FN2O2. The summed E-state index contributed by atoms with van der Waals surface area (Å²) >= 11 is 0. The van der Waals surface area contributed by atoms with Gasteiger partial charge in [0.25, 0.3) is 0 Å². The summed E-state index contributed by atoms with van der Waals surface area (Å²) in [6, 6.07) is 10.2. The van der Waals surface area contributed by atoms with E-state index in [4.69, 9.17) is 16.2 Å². The van der Waals surface area contributed by atoms with Gasteiger partial charge < -0.3 is 16.2 Å². The number of primary amides is 1. The van der Waals surface area contributed by atoms with E-state index in [9.17, 15) is 9.18 Å². The van der Waals surface area contributed by atoms with E-state index in [-0.39, 0.29) is 11.4 Å². The Balaban J connectivity index is 2.28. The Labute approximate surface area is 103 Å². The van der Waals surface area contributed by atoms with Crippen molar-refractivity contribution in [2.75, 3.05) is 5.73 Å². The molecule has 4 N–H and O–H groups in total. The molecule has 5 heteroatoms. The molecule has 0 saturated heterocycles. The number of carbonyl (C=O) groups excluding carboxylic acids is 1. The van der Waals surface area contributed by atoms with Gasteiger partial charge in [0.15, 0.2) is 0 Å². The first-order valence-corrected chi connectivity index (χ1v) is 5.18. The van der Waals surface area contributed by atoms with Gasteiger partial charge in [0.1, 0.15) is 17.3 Å². The molecule has 0 radical (unpaired) electrons. The average Bonchev–Trinajstić information content (AvgIpc) is 2.27. The van der Waals surface area contributed by atoms with Crippen LogP contribution in [0.4, 0.5) is 10.1 Å². The van der Waals surface area contributed by atoms with Gasteiger partial charge >= 0.3 is 0 Å². The maximum Gasteiger partial charge on any atom is 0.248 e. The Bertz CT molecular complexity index is 579. The first kappa shape index (κ1) is 11.9. The maximum absolute atomic E-state index is 13.1. The normalized spacial score (nSPS) is 10.1. The highest BCUT2D eigenvalue weighted by Crippen LogP contribution is 2.25. The Kier molecular flexibility index (Phi) is 3.14. The third-order valence-electron chi connectivity index (χ3n) is 2.25. The fourth-order valence-corrected chi connectivity index (χ4v) is 1.49. The van der Waals surface area contributed by atoms with Crippen molar-refractivity contribution in [2.45, 2.75) is 0 Å². The van der Waals surface area contributed by atoms with Crippen LogP contribution in [0.5, 0.6) is 11.5 Å². The number of amides is 1. The summed E-state index contributed by atoms with van der Waals surface area (Å²) in [6.45, 7) is 0. The molecule has 18 heavy (non-hydrogen) atoms. The number of benzene rings is 2. The zero-order valence-corrected chi connectivity index (χ0v) is 9.39. The van der Waals surface area contributed by atoms with Gasteiger partial charge in [0.05, 0.1) is 0 Å². The number of rotatable bonds is 3. The van der Waals surface area contributed by atoms with Crippen LogP contribution in [-0.4, -0.2) is 5.91 Å². The number of halogens is 1. The van der Waals surface area contributed by atoms with Crippen LogP contribution in [0.1, 0.15) is 10.4 Å². The molecule has 4 nitrogen and oxygen atoms in total. The van der Waals surface area contributed by atoms with Crippen molar-refractivity contribution in [2.24, 2.45) is 5.73 Å². The van der Waals surface area contributed by atoms with Crippen molar-refractivity contribution in [3.63, 3.8) is 0 Å². The van der Waals surface area contributed by atoms with Gasteiger partial charge in [0, 0.05) is 23.4 Å². The molecule has 0 aliphatic heterocycles. The van der Waals surface area contributed by atoms with Crippen LogP contribution in [0.25, 0.3) is 0 Å². The highest BCUT2D eigenvalue weighted by atomic mass is 19.1. The fraction of sp³-hybridized carbons (Fsp3) is 0. The molecule has 2 aromatic carbocycles. The van der Waals surface area contributed by atoms with Gasteiger partial charge in [-0.15, -0.1) is 0 Å². The van der Waals surface area contributed by atoms with Crippen LogP contribution in [0.3, 0.4) is 0 Å². The molecule has 0 aromatic heterocycles. The lowest BCUT2D eigenvalue weighted by molar-refractivity contribution is 0.1000. The molecule has 0 aliphatic rings. The third kappa shape index (κ3) is 2.76. The molecule has 0 unspecified atom stereocenters. The summed E-state index contributed by atoms with van der Waals surface area (Å²) in [4.78, 5) is 11.0. The number of nitrogens with two attached hydrogens (primary N) is 2. The molecule has 1 amide bonds. The van der Waals surface area contributed by atoms with Crippen LogP contribution < -0.4 is 16.2 Å². The molecule has 2 rings (SSSR count). The lowest BCUT2D eigenvalue weighted by Crippen LogP contribution is -2.10. The van der Waals surface area contributed by atoms with E-state index in [1.54, 1.807) is 18.2 Å². The fourth-order valence-electron chi connectivity index (χ4n) is 1.49. The summed E-state index contributed by atoms with van der Waals surface area (Å²) in [5.74, 6) is -0.402. The lowest BCUT2D eigenvalue weighted by atomic mass is 10.2. The van der Waals surface area contributed by atoms with Crippen LogP contribution >= 0.6 is 0 Å². The topological polar surface area (TPSA) is 78.3 Å². The SMILES string of the molecule is NC(=O)c1cccc(Oc2cc(N)cc(F)c2)c1. The van der Waals surface area contributed by atoms with Crippen molar-refractivity contribution in [1.82, 2.24) is 0 Å². The van der Waals surface area contributed by atoms with Crippen molar-refractivity contribution in [1.29, 1.82) is 0 Å². The minimum absolute atomic E-state index is 0.258. The zero-order valence-electron chi connectivity index (χ0n) is 9.39. The largest absolute Gasteiger partial charge is 0.457 e. The molecular weight excluding hydrogens is 235 g/mol. The first-order chi connectivity index (χ1) is 8.54. The summed E-state index contributed by atoms with van der Waals surface area (Å²) in [5, 5.41) is 0. The van der Waals surface area contributed by atoms with Gasteiger partial charge in [-0.25, -0.2) is 4.39 Å². The van der Waals surface area contributed by atoms with Crippen LogP contribution in [-0.2, 0) is 0 Å². The second-order valence-corrected chi connectivity index (χ2v) is 3.71. The Hall–Kier alpha value is -2.56. The molecule has 0 fully saturated rings. The van der Waals surface area contributed by atoms with Crippen molar-refractivity contribution in [3.8, 4) is 11.5 Å². The summed E-state index contributed by atoms with van der Waals surface area (Å²) < 4.78 is 18.5. The second-order valence-electron chi connectivity index (χ2n) is 3.71. The predicted octanol–water partition coefficient (Wildman–Crippen LogP) is 2.30. The summed E-state index contributed by atoms with van der Waals surface area (Å²) in [6.07, 6.45) is 0. The van der Waals surface area contributed by atoms with E-state index >= 15 is 0 Å². The minimum atomic E-state index is -0.556. The molecule has 0 saturated carbocycles. The third-order valence-corrected chi connectivity index (χ3v) is 2.25. The molecule has 0 aliphatic carbocycles. The van der Waals surface area contributed by atoms with E-state index < -0.39 is 11.7 Å². The number of hydrogen-bond donors (Lipinski definition) is 2. The van der Waals surface area contributed by atoms with Gasteiger partial charge in [-0.3, -0.25) is 4.79 Å². The Morgan fingerprint density at radius 1 is 1.11 bits per heavy atom. The Morgan fingerprint density at radius 2 is 1.89 bits per heavy atom. The second kappa shape index (κ2) is 4.75. The van der Waals surface area contributed by atoms with Crippen LogP contribution in [0.15, 0.2) is 42.5 Å². The molecule has 0 atom stereocenters. The molecule has 0 spiro atoms. The molecule has 0 heterocycles. The van der Waals surface area contributed by atoms with Gasteiger partial charge in [-0.2, -0.15) is 0 Å². The van der Waals surface area contributed by atoms with E-state index in [0.29, 0.717) is 11.3 Å². The Morgan fingerprint density at radius 3 is 2.56 bits per heavy atom.